The van der Waals surface area contributed by atoms with Crippen LogP contribution in [0.4, 0.5) is 13.2 Å². The van der Waals surface area contributed by atoms with Gasteiger partial charge in [0.1, 0.15) is 6.04 Å². The lowest BCUT2D eigenvalue weighted by Gasteiger charge is -2.28. The second-order valence-electron chi connectivity index (χ2n) is 6.22. The van der Waals surface area contributed by atoms with Crippen molar-refractivity contribution in [1.82, 2.24) is 5.32 Å². The zero-order valence-electron chi connectivity index (χ0n) is 13.4. The fourth-order valence-corrected chi connectivity index (χ4v) is 1.70. The van der Waals surface area contributed by atoms with E-state index in [-0.39, 0.29) is 12.3 Å². The molecule has 0 aromatic rings. The van der Waals surface area contributed by atoms with E-state index in [9.17, 15) is 22.8 Å². The van der Waals surface area contributed by atoms with Crippen molar-refractivity contribution in [3.63, 3.8) is 0 Å². The number of halogens is 3. The summed E-state index contributed by atoms with van der Waals surface area (Å²) in [4.78, 5) is 23.4. The quantitative estimate of drug-likeness (QED) is 0.558. The second kappa shape index (κ2) is 7.60. The van der Waals surface area contributed by atoms with E-state index in [1.165, 1.54) is 0 Å². The van der Waals surface area contributed by atoms with Crippen LogP contribution < -0.4 is 5.32 Å². The molecule has 128 valence electrons. The monoisotopic (exact) mass is 324 g/mol. The lowest BCUT2D eigenvalue weighted by atomic mass is 9.86. The summed E-state index contributed by atoms with van der Waals surface area (Å²) < 4.78 is 42.9. The molecule has 2 N–H and O–H groups in total. The molecule has 0 fully saturated rings. The number of carbonyl (C=O) groups is 2. The molecule has 0 heterocycles. The van der Waals surface area contributed by atoms with E-state index in [0.717, 1.165) is 21.0 Å². The summed E-state index contributed by atoms with van der Waals surface area (Å²) in [5.41, 5.74) is -2.92. The van der Waals surface area contributed by atoms with Crippen molar-refractivity contribution < 1.29 is 27.5 Å². The van der Waals surface area contributed by atoms with Crippen LogP contribution in [0, 0.1) is 16.7 Å². The number of hydrogen-bond donors (Lipinski definition) is 2. The maximum absolute atomic E-state index is 12.8. The van der Waals surface area contributed by atoms with Gasteiger partial charge in [-0.25, -0.2) is 4.79 Å². The second-order valence-corrected chi connectivity index (χ2v) is 6.22. The fourth-order valence-electron chi connectivity index (χ4n) is 1.70. The van der Waals surface area contributed by atoms with Gasteiger partial charge in [0, 0.05) is 6.42 Å². The van der Waals surface area contributed by atoms with Gasteiger partial charge in [-0.05, 0) is 12.3 Å². The average Bonchev–Trinajstić information content (AvgIpc) is 2.34. The summed E-state index contributed by atoms with van der Waals surface area (Å²) in [5, 5.41) is 9.81. The SMILES string of the molecule is COC(=O)[C@H](CC(C)C)NC(=O)C(=N)CC(C)(C)C(F)(F)F. The Morgan fingerprint density at radius 2 is 1.73 bits per heavy atom. The third kappa shape index (κ3) is 6.03. The molecule has 0 bridgehead atoms. The molecule has 0 aliphatic heterocycles. The predicted octanol–water partition coefficient (Wildman–Crippen LogP) is 2.69. The van der Waals surface area contributed by atoms with Gasteiger partial charge in [-0.3, -0.25) is 10.2 Å². The topological polar surface area (TPSA) is 79.2 Å². The van der Waals surface area contributed by atoms with E-state index in [1.807, 2.05) is 13.8 Å². The largest absolute Gasteiger partial charge is 0.467 e. The maximum atomic E-state index is 12.8. The highest BCUT2D eigenvalue weighted by molar-refractivity contribution is 6.38. The molecule has 1 atom stereocenters. The van der Waals surface area contributed by atoms with Crippen molar-refractivity contribution in [1.29, 1.82) is 5.41 Å². The number of hydrogen-bond acceptors (Lipinski definition) is 4. The Bertz CT molecular complexity index is 432. The Morgan fingerprint density at radius 1 is 1.23 bits per heavy atom. The number of carbonyl (C=O) groups excluding carboxylic acids is 2. The minimum atomic E-state index is -4.53. The van der Waals surface area contributed by atoms with Crippen LogP contribution in [-0.4, -0.2) is 36.9 Å². The first kappa shape index (κ1) is 20.4. The molecule has 0 saturated heterocycles. The number of esters is 1. The van der Waals surface area contributed by atoms with E-state index in [0.29, 0.717) is 0 Å². The molecular formula is C14H23F3N2O3. The Labute approximate surface area is 128 Å². The van der Waals surface area contributed by atoms with E-state index in [1.54, 1.807) is 0 Å². The lowest BCUT2D eigenvalue weighted by Crippen LogP contribution is -2.46. The van der Waals surface area contributed by atoms with E-state index >= 15 is 0 Å². The number of ether oxygens (including phenoxy) is 1. The smallest absolute Gasteiger partial charge is 0.394 e. The summed E-state index contributed by atoms with van der Waals surface area (Å²) in [6, 6.07) is -0.980. The number of methoxy groups -OCH3 is 1. The van der Waals surface area contributed by atoms with Crippen LogP contribution >= 0.6 is 0 Å². The Balaban J connectivity index is 4.88. The number of amides is 1. The Morgan fingerprint density at radius 3 is 2.09 bits per heavy atom. The van der Waals surface area contributed by atoms with Gasteiger partial charge in [0.2, 0.25) is 0 Å². The van der Waals surface area contributed by atoms with Crippen LogP contribution in [0.5, 0.6) is 0 Å². The third-order valence-electron chi connectivity index (χ3n) is 3.16. The molecule has 0 aromatic carbocycles. The zero-order valence-corrected chi connectivity index (χ0v) is 13.4. The molecule has 0 radical (unpaired) electrons. The van der Waals surface area contributed by atoms with Gasteiger partial charge >= 0.3 is 12.1 Å². The molecule has 0 aromatic heterocycles. The van der Waals surface area contributed by atoms with Crippen molar-refractivity contribution >= 4 is 17.6 Å². The molecule has 0 saturated carbocycles. The molecule has 22 heavy (non-hydrogen) atoms. The highest BCUT2D eigenvalue weighted by Gasteiger charge is 2.48. The van der Waals surface area contributed by atoms with E-state index < -0.39 is 41.6 Å². The van der Waals surface area contributed by atoms with Crippen LogP contribution in [0.15, 0.2) is 0 Å². The number of rotatable bonds is 7. The number of alkyl halides is 3. The third-order valence-corrected chi connectivity index (χ3v) is 3.16. The normalized spacial score (nSPS) is 13.7. The molecule has 0 aliphatic rings. The van der Waals surface area contributed by atoms with Gasteiger partial charge < -0.3 is 10.1 Å². The van der Waals surface area contributed by atoms with Crippen LogP contribution in [0.3, 0.4) is 0 Å². The predicted molar refractivity (Wildman–Crippen MR) is 75.6 cm³/mol. The molecule has 8 heteroatoms. The molecule has 1 amide bonds. The van der Waals surface area contributed by atoms with Crippen LogP contribution in [0.25, 0.3) is 0 Å². The van der Waals surface area contributed by atoms with Crippen molar-refractivity contribution in [3.05, 3.63) is 0 Å². The van der Waals surface area contributed by atoms with Gasteiger partial charge in [-0.2, -0.15) is 13.2 Å². The Hall–Kier alpha value is -1.60. The standard InChI is InChI=1S/C14H23F3N2O3/c1-8(2)6-10(12(21)22-5)19-11(20)9(18)7-13(3,4)14(15,16)17/h8,10,18H,6-7H2,1-5H3,(H,19,20)/t10-/m0/s1. The maximum Gasteiger partial charge on any atom is 0.394 e. The zero-order chi connectivity index (χ0) is 17.7. The summed E-state index contributed by atoms with van der Waals surface area (Å²) >= 11 is 0. The van der Waals surface area contributed by atoms with Gasteiger partial charge in [0.25, 0.3) is 5.91 Å². The van der Waals surface area contributed by atoms with Gasteiger partial charge in [-0.1, -0.05) is 27.7 Å². The van der Waals surface area contributed by atoms with Crippen LogP contribution in [0.2, 0.25) is 0 Å². The lowest BCUT2D eigenvalue weighted by molar-refractivity contribution is -0.208. The summed E-state index contributed by atoms with van der Waals surface area (Å²) in [7, 11) is 1.15. The van der Waals surface area contributed by atoms with E-state index in [4.69, 9.17) is 5.41 Å². The molecule has 5 nitrogen and oxygen atoms in total. The summed E-state index contributed by atoms with van der Waals surface area (Å²) in [5.74, 6) is -1.62. The molecule has 0 rings (SSSR count). The highest BCUT2D eigenvalue weighted by atomic mass is 19.4. The van der Waals surface area contributed by atoms with Crippen LogP contribution in [0.1, 0.15) is 40.5 Å². The first-order valence-corrected chi connectivity index (χ1v) is 6.84. The molecule has 0 aliphatic carbocycles. The van der Waals surface area contributed by atoms with E-state index in [2.05, 4.69) is 10.1 Å². The van der Waals surface area contributed by atoms with Crippen molar-refractivity contribution in [2.24, 2.45) is 11.3 Å². The van der Waals surface area contributed by atoms with Gasteiger partial charge in [0.15, 0.2) is 0 Å². The highest BCUT2D eigenvalue weighted by Crippen LogP contribution is 2.40. The van der Waals surface area contributed by atoms with Crippen molar-refractivity contribution in [2.75, 3.05) is 7.11 Å². The molecular weight excluding hydrogens is 301 g/mol. The van der Waals surface area contributed by atoms with Crippen LogP contribution in [-0.2, 0) is 14.3 Å². The van der Waals surface area contributed by atoms with Crippen molar-refractivity contribution in [2.45, 2.75) is 52.8 Å². The Kier molecular flexibility index (Phi) is 7.05. The summed E-state index contributed by atoms with van der Waals surface area (Å²) in [6.07, 6.45) is -5.02. The molecule has 0 unspecified atom stereocenters. The fraction of sp³-hybridized carbons (Fsp3) is 0.786. The summed E-state index contributed by atoms with van der Waals surface area (Å²) in [6.45, 7) is 5.47. The average molecular weight is 324 g/mol. The minimum absolute atomic E-state index is 0.0604. The van der Waals surface area contributed by atoms with Crippen molar-refractivity contribution in [3.8, 4) is 0 Å². The first-order valence-electron chi connectivity index (χ1n) is 6.84. The number of nitrogens with one attached hydrogen (secondary N) is 2. The minimum Gasteiger partial charge on any atom is -0.467 e. The first-order chi connectivity index (χ1) is 9.81. The molecule has 0 spiro atoms. The van der Waals surface area contributed by atoms with Gasteiger partial charge in [-0.15, -0.1) is 0 Å². The van der Waals surface area contributed by atoms with Gasteiger partial charge in [0.05, 0.1) is 18.2 Å².